The zero-order valence-corrected chi connectivity index (χ0v) is 19.3. The lowest BCUT2D eigenvalue weighted by Gasteiger charge is -2.22. The van der Waals surface area contributed by atoms with E-state index in [1.165, 1.54) is 12.4 Å². The molecule has 5 rings (SSSR count). The maximum absolute atomic E-state index is 14.5. The summed E-state index contributed by atoms with van der Waals surface area (Å²) in [5, 5.41) is 7.46. The van der Waals surface area contributed by atoms with Crippen LogP contribution in [0.5, 0.6) is 0 Å². The minimum atomic E-state index is -0.299. The molecule has 1 aliphatic rings. The standard InChI is InChI=1S/C24H26FN9/c1-16-5-4-6-19(29-16)23-24(33-10-9-22-27-14-28-34(22)15-33)31-21(30-23)12-26-20-11-17(13-32(2)3)7-8-18(20)25/h4-11,14,26H,12-13,15H2,1-3H3,(H,30,31). The van der Waals surface area contributed by atoms with Crippen LogP contribution in [0.15, 0.2) is 48.9 Å². The third-order valence-electron chi connectivity index (χ3n) is 5.46. The summed E-state index contributed by atoms with van der Waals surface area (Å²) in [7, 11) is 3.97. The molecule has 0 spiro atoms. The summed E-state index contributed by atoms with van der Waals surface area (Å²) in [4.78, 5) is 21.2. The number of rotatable bonds is 7. The van der Waals surface area contributed by atoms with Gasteiger partial charge in [0, 0.05) is 18.4 Å². The van der Waals surface area contributed by atoms with Gasteiger partial charge in [-0.25, -0.2) is 19.0 Å². The SMILES string of the molecule is Cc1cccc(-c2[nH]c(CNc3cc(CN(C)C)ccc3F)nc2N2C=Cc3ncnn3C2)n1. The first-order valence-electron chi connectivity index (χ1n) is 11.0. The molecule has 0 saturated heterocycles. The predicted octanol–water partition coefficient (Wildman–Crippen LogP) is 3.63. The first kappa shape index (κ1) is 21.8. The molecule has 0 bridgehead atoms. The van der Waals surface area contributed by atoms with Gasteiger partial charge in [0.25, 0.3) is 0 Å². The third-order valence-corrected chi connectivity index (χ3v) is 5.46. The van der Waals surface area contributed by atoms with Crippen molar-refractivity contribution in [2.45, 2.75) is 26.7 Å². The zero-order chi connectivity index (χ0) is 23.7. The number of hydrogen-bond donors (Lipinski definition) is 2. The molecular weight excluding hydrogens is 433 g/mol. The largest absolute Gasteiger partial charge is 0.375 e. The molecule has 0 aliphatic carbocycles. The number of aryl methyl sites for hydroxylation is 1. The Morgan fingerprint density at radius 3 is 2.88 bits per heavy atom. The van der Waals surface area contributed by atoms with Gasteiger partial charge in [0.1, 0.15) is 30.3 Å². The number of hydrogen-bond acceptors (Lipinski definition) is 7. The zero-order valence-electron chi connectivity index (χ0n) is 19.3. The van der Waals surface area contributed by atoms with Gasteiger partial charge in [0.15, 0.2) is 11.6 Å². The molecule has 2 N–H and O–H groups in total. The van der Waals surface area contributed by atoms with Gasteiger partial charge in [-0.1, -0.05) is 12.1 Å². The average Bonchev–Trinajstić information content (AvgIpc) is 3.45. The number of aromatic nitrogens is 6. The fourth-order valence-electron chi connectivity index (χ4n) is 3.91. The van der Waals surface area contributed by atoms with Crippen molar-refractivity contribution in [1.29, 1.82) is 0 Å². The molecule has 34 heavy (non-hydrogen) atoms. The van der Waals surface area contributed by atoms with E-state index in [1.807, 2.05) is 67.4 Å². The molecule has 0 radical (unpaired) electrons. The second-order valence-electron chi connectivity index (χ2n) is 8.50. The van der Waals surface area contributed by atoms with Crippen LogP contribution >= 0.6 is 0 Å². The summed E-state index contributed by atoms with van der Waals surface area (Å²) < 4.78 is 16.3. The number of H-pyrrole nitrogens is 1. The monoisotopic (exact) mass is 459 g/mol. The van der Waals surface area contributed by atoms with E-state index in [1.54, 1.807) is 10.7 Å². The molecular formula is C24H26FN9. The normalized spacial score (nSPS) is 12.9. The smallest absolute Gasteiger partial charge is 0.162 e. The molecule has 0 unspecified atom stereocenters. The molecule has 1 aromatic carbocycles. The van der Waals surface area contributed by atoms with Crippen molar-refractivity contribution in [3.05, 3.63) is 77.6 Å². The molecule has 174 valence electrons. The first-order chi connectivity index (χ1) is 16.5. The van der Waals surface area contributed by atoms with E-state index >= 15 is 0 Å². The van der Waals surface area contributed by atoms with Gasteiger partial charge >= 0.3 is 0 Å². The van der Waals surface area contributed by atoms with E-state index in [4.69, 9.17) is 4.98 Å². The Hall–Kier alpha value is -4.05. The number of fused-ring (bicyclic) bond motifs is 1. The summed E-state index contributed by atoms with van der Waals surface area (Å²) in [5.41, 5.74) is 3.95. The van der Waals surface area contributed by atoms with Crippen molar-refractivity contribution < 1.29 is 4.39 Å². The molecule has 9 nitrogen and oxygen atoms in total. The van der Waals surface area contributed by atoms with Crippen LogP contribution in [0.1, 0.15) is 22.9 Å². The van der Waals surface area contributed by atoms with Crippen LogP contribution in [-0.2, 0) is 19.8 Å². The van der Waals surface area contributed by atoms with Crippen LogP contribution in [0.2, 0.25) is 0 Å². The summed E-state index contributed by atoms with van der Waals surface area (Å²) >= 11 is 0. The van der Waals surface area contributed by atoms with Gasteiger partial charge in [-0.2, -0.15) is 5.10 Å². The molecule has 3 aromatic heterocycles. The van der Waals surface area contributed by atoms with E-state index in [0.717, 1.165) is 35.0 Å². The molecule has 0 atom stereocenters. The Morgan fingerprint density at radius 2 is 2.06 bits per heavy atom. The van der Waals surface area contributed by atoms with Crippen LogP contribution in [0.4, 0.5) is 15.9 Å². The Bertz CT molecular complexity index is 1340. The molecule has 10 heteroatoms. The molecule has 0 fully saturated rings. The van der Waals surface area contributed by atoms with Gasteiger partial charge in [-0.05, 0) is 56.9 Å². The maximum Gasteiger partial charge on any atom is 0.162 e. The fraction of sp³-hybridized carbons (Fsp3) is 0.250. The number of nitrogens with one attached hydrogen (secondary N) is 2. The molecule has 0 amide bonds. The highest BCUT2D eigenvalue weighted by Crippen LogP contribution is 2.30. The highest BCUT2D eigenvalue weighted by Gasteiger charge is 2.22. The Kier molecular flexibility index (Phi) is 5.81. The first-order valence-corrected chi connectivity index (χ1v) is 11.0. The number of pyridine rings is 1. The van der Waals surface area contributed by atoms with Crippen LogP contribution in [0.25, 0.3) is 17.5 Å². The topological polar surface area (TPSA) is 90.8 Å². The molecule has 1 aliphatic heterocycles. The Morgan fingerprint density at radius 1 is 1.18 bits per heavy atom. The van der Waals surface area contributed by atoms with Gasteiger partial charge in [-0.3, -0.25) is 4.98 Å². The molecule has 4 aromatic rings. The quantitative estimate of drug-likeness (QED) is 0.436. The predicted molar refractivity (Wildman–Crippen MR) is 129 cm³/mol. The molecule has 0 saturated carbocycles. The van der Waals surface area contributed by atoms with E-state index in [9.17, 15) is 4.39 Å². The minimum Gasteiger partial charge on any atom is -0.375 e. The Balaban J connectivity index is 1.44. The van der Waals surface area contributed by atoms with Gasteiger partial charge in [0.2, 0.25) is 0 Å². The van der Waals surface area contributed by atoms with E-state index in [-0.39, 0.29) is 5.82 Å². The Labute approximate surface area is 197 Å². The lowest BCUT2D eigenvalue weighted by molar-refractivity contribution is 0.402. The van der Waals surface area contributed by atoms with Crippen molar-refractivity contribution in [2.24, 2.45) is 0 Å². The summed E-state index contributed by atoms with van der Waals surface area (Å²) in [5.74, 6) is 1.88. The minimum absolute atomic E-state index is 0.299. The van der Waals surface area contributed by atoms with Crippen molar-refractivity contribution in [1.82, 2.24) is 34.6 Å². The number of nitrogens with zero attached hydrogens (tertiary/aromatic N) is 7. The van der Waals surface area contributed by atoms with Crippen molar-refractivity contribution in [3.8, 4) is 11.4 Å². The van der Waals surface area contributed by atoms with Crippen molar-refractivity contribution in [3.63, 3.8) is 0 Å². The second kappa shape index (κ2) is 9.06. The number of benzene rings is 1. The summed E-state index contributed by atoms with van der Waals surface area (Å²) in [6, 6.07) is 11.0. The van der Waals surface area contributed by atoms with E-state index in [0.29, 0.717) is 30.5 Å². The number of imidazole rings is 1. The highest BCUT2D eigenvalue weighted by molar-refractivity contribution is 5.72. The maximum atomic E-state index is 14.5. The lowest BCUT2D eigenvalue weighted by Crippen LogP contribution is -2.26. The van der Waals surface area contributed by atoms with E-state index in [2.05, 4.69) is 25.4 Å². The van der Waals surface area contributed by atoms with Crippen molar-refractivity contribution >= 4 is 17.6 Å². The fourth-order valence-corrected chi connectivity index (χ4v) is 3.91. The number of anilines is 2. The van der Waals surface area contributed by atoms with Crippen LogP contribution < -0.4 is 10.2 Å². The number of halogens is 1. The number of aromatic amines is 1. The average molecular weight is 460 g/mol. The van der Waals surface area contributed by atoms with Crippen molar-refractivity contribution in [2.75, 3.05) is 24.3 Å². The van der Waals surface area contributed by atoms with Gasteiger partial charge in [0.05, 0.1) is 17.9 Å². The van der Waals surface area contributed by atoms with Gasteiger partial charge < -0.3 is 20.1 Å². The lowest BCUT2D eigenvalue weighted by atomic mass is 10.2. The summed E-state index contributed by atoms with van der Waals surface area (Å²) in [6.07, 6.45) is 5.36. The molecule has 4 heterocycles. The van der Waals surface area contributed by atoms with Crippen LogP contribution in [0, 0.1) is 12.7 Å². The third kappa shape index (κ3) is 4.53. The van der Waals surface area contributed by atoms with Crippen LogP contribution in [0.3, 0.4) is 0 Å². The van der Waals surface area contributed by atoms with Crippen LogP contribution in [-0.4, -0.2) is 48.7 Å². The van der Waals surface area contributed by atoms with E-state index < -0.39 is 0 Å². The van der Waals surface area contributed by atoms with Gasteiger partial charge in [-0.15, -0.1) is 0 Å². The second-order valence-corrected chi connectivity index (χ2v) is 8.50. The highest BCUT2D eigenvalue weighted by atomic mass is 19.1. The summed E-state index contributed by atoms with van der Waals surface area (Å²) in [6.45, 7) is 3.49.